The first kappa shape index (κ1) is 17.7. The molecule has 2 aliphatic heterocycles. The van der Waals surface area contributed by atoms with Crippen LogP contribution in [-0.4, -0.2) is 57.2 Å². The van der Waals surface area contributed by atoms with Gasteiger partial charge in [-0.1, -0.05) is 30.0 Å². The normalized spacial score (nSPS) is 20.8. The second-order valence-electron chi connectivity index (χ2n) is 7.01. The highest BCUT2D eigenvalue weighted by Crippen LogP contribution is 2.46. The summed E-state index contributed by atoms with van der Waals surface area (Å²) < 4.78 is 11.2. The zero-order chi connectivity index (χ0) is 18.1. The van der Waals surface area contributed by atoms with Gasteiger partial charge in [0.15, 0.2) is 11.5 Å². The number of piperazine rings is 1. The minimum absolute atomic E-state index is 0.370. The van der Waals surface area contributed by atoms with E-state index in [0.29, 0.717) is 6.04 Å². The van der Waals surface area contributed by atoms with Crippen molar-refractivity contribution < 1.29 is 9.47 Å². The predicted octanol–water partition coefficient (Wildman–Crippen LogP) is 3.70. The molecule has 0 spiro atoms. The fraction of sp³-hybridized carbons (Fsp3) is 0.429. The molecule has 1 fully saturated rings. The molecule has 2 aromatic rings. The van der Waals surface area contributed by atoms with Crippen molar-refractivity contribution >= 4 is 11.8 Å². The number of likely N-dealkylation sites (N-methyl/N-ethyl adjacent to an activating group) is 1. The summed E-state index contributed by atoms with van der Waals surface area (Å²) in [5, 5.41) is 0. The first-order chi connectivity index (χ1) is 12.7. The Kier molecular flexibility index (Phi) is 5.11. The Morgan fingerprint density at radius 2 is 1.62 bits per heavy atom. The van der Waals surface area contributed by atoms with Crippen molar-refractivity contribution in [2.24, 2.45) is 0 Å². The molecule has 0 aliphatic carbocycles. The molecule has 0 amide bonds. The Bertz CT molecular complexity index is 788. The molecule has 0 bridgehead atoms. The third kappa shape index (κ3) is 3.31. The first-order valence-corrected chi connectivity index (χ1v) is 9.95. The second kappa shape index (κ2) is 7.51. The number of benzene rings is 2. The van der Waals surface area contributed by atoms with Crippen LogP contribution in [-0.2, 0) is 6.42 Å². The SMILES string of the molecule is COc1cc2c(cc1OC)[C@@H](N1CCN(C)CC1)Cc1ccccc1S2. The molecular weight excluding hydrogens is 344 g/mol. The van der Waals surface area contributed by atoms with Gasteiger partial charge in [0, 0.05) is 42.0 Å². The average molecular weight is 371 g/mol. The highest BCUT2D eigenvalue weighted by atomic mass is 32.2. The van der Waals surface area contributed by atoms with Gasteiger partial charge in [-0.2, -0.15) is 0 Å². The summed E-state index contributed by atoms with van der Waals surface area (Å²) in [7, 11) is 5.63. The van der Waals surface area contributed by atoms with Crippen molar-refractivity contribution in [1.29, 1.82) is 0 Å². The second-order valence-corrected chi connectivity index (χ2v) is 8.10. The molecule has 0 saturated carbocycles. The van der Waals surface area contributed by atoms with E-state index in [-0.39, 0.29) is 0 Å². The number of fused-ring (bicyclic) bond motifs is 2. The Balaban J connectivity index is 1.80. The summed E-state index contributed by atoms with van der Waals surface area (Å²) in [5.41, 5.74) is 2.78. The van der Waals surface area contributed by atoms with Crippen LogP contribution in [0.3, 0.4) is 0 Å². The van der Waals surface area contributed by atoms with Crippen LogP contribution in [0.25, 0.3) is 0 Å². The van der Waals surface area contributed by atoms with Crippen molar-refractivity contribution in [3.05, 3.63) is 47.5 Å². The van der Waals surface area contributed by atoms with Gasteiger partial charge in [-0.15, -0.1) is 0 Å². The average Bonchev–Trinajstić information content (AvgIpc) is 2.83. The minimum atomic E-state index is 0.370. The molecule has 2 heterocycles. The van der Waals surface area contributed by atoms with Crippen LogP contribution in [0.5, 0.6) is 11.5 Å². The molecule has 4 nitrogen and oxygen atoms in total. The summed E-state index contributed by atoms with van der Waals surface area (Å²) in [5.74, 6) is 1.62. The zero-order valence-corrected chi connectivity index (χ0v) is 16.5. The summed E-state index contributed by atoms with van der Waals surface area (Å²) in [4.78, 5) is 7.66. The molecule has 26 heavy (non-hydrogen) atoms. The summed E-state index contributed by atoms with van der Waals surface area (Å²) in [6.45, 7) is 4.44. The molecule has 0 radical (unpaired) electrons. The molecule has 2 aliphatic rings. The molecule has 5 heteroatoms. The molecule has 0 aromatic heterocycles. The molecule has 0 unspecified atom stereocenters. The molecule has 1 atom stereocenters. The highest BCUT2D eigenvalue weighted by molar-refractivity contribution is 7.99. The largest absolute Gasteiger partial charge is 0.493 e. The van der Waals surface area contributed by atoms with Gasteiger partial charge in [-0.25, -0.2) is 0 Å². The zero-order valence-electron chi connectivity index (χ0n) is 15.7. The van der Waals surface area contributed by atoms with Gasteiger partial charge in [0.2, 0.25) is 0 Å². The molecule has 1 saturated heterocycles. The molecule has 2 aromatic carbocycles. The lowest BCUT2D eigenvalue weighted by Gasteiger charge is -2.38. The Morgan fingerprint density at radius 1 is 0.923 bits per heavy atom. The third-order valence-electron chi connectivity index (χ3n) is 5.46. The number of hydrogen-bond donors (Lipinski definition) is 0. The van der Waals surface area contributed by atoms with Crippen LogP contribution in [0.1, 0.15) is 17.2 Å². The number of methoxy groups -OCH3 is 2. The Labute approximate surface area is 160 Å². The van der Waals surface area contributed by atoms with Gasteiger partial charge in [-0.3, -0.25) is 4.90 Å². The van der Waals surface area contributed by atoms with Gasteiger partial charge in [0.1, 0.15) is 0 Å². The van der Waals surface area contributed by atoms with Crippen LogP contribution in [0, 0.1) is 0 Å². The monoisotopic (exact) mass is 370 g/mol. The van der Waals surface area contributed by atoms with E-state index in [1.807, 2.05) is 11.8 Å². The van der Waals surface area contributed by atoms with Crippen molar-refractivity contribution in [1.82, 2.24) is 9.80 Å². The lowest BCUT2D eigenvalue weighted by Crippen LogP contribution is -2.46. The van der Waals surface area contributed by atoms with E-state index in [2.05, 4.69) is 53.2 Å². The Hall–Kier alpha value is -1.69. The third-order valence-corrected chi connectivity index (χ3v) is 6.65. The smallest absolute Gasteiger partial charge is 0.161 e. The summed E-state index contributed by atoms with van der Waals surface area (Å²) in [6, 6.07) is 13.5. The molecule has 0 N–H and O–H groups in total. The van der Waals surface area contributed by atoms with E-state index in [4.69, 9.17) is 9.47 Å². The summed E-state index contributed by atoms with van der Waals surface area (Å²) in [6.07, 6.45) is 1.04. The molecule has 4 rings (SSSR count). The van der Waals surface area contributed by atoms with Crippen molar-refractivity contribution in [2.45, 2.75) is 22.3 Å². The van der Waals surface area contributed by atoms with Crippen molar-refractivity contribution in [2.75, 3.05) is 47.4 Å². The van der Waals surface area contributed by atoms with Gasteiger partial charge in [-0.05, 0) is 42.8 Å². The maximum Gasteiger partial charge on any atom is 0.161 e. The van der Waals surface area contributed by atoms with E-state index in [1.165, 1.54) is 20.9 Å². The predicted molar refractivity (Wildman–Crippen MR) is 106 cm³/mol. The number of rotatable bonds is 3. The number of ether oxygens (including phenoxy) is 2. The van der Waals surface area contributed by atoms with Gasteiger partial charge < -0.3 is 14.4 Å². The van der Waals surface area contributed by atoms with Crippen LogP contribution >= 0.6 is 11.8 Å². The van der Waals surface area contributed by atoms with Gasteiger partial charge >= 0.3 is 0 Å². The topological polar surface area (TPSA) is 24.9 Å². The van der Waals surface area contributed by atoms with Crippen LogP contribution in [0.15, 0.2) is 46.2 Å². The molecule has 138 valence electrons. The Morgan fingerprint density at radius 3 is 2.35 bits per heavy atom. The maximum atomic E-state index is 5.61. The van der Waals surface area contributed by atoms with E-state index in [0.717, 1.165) is 44.1 Å². The van der Waals surface area contributed by atoms with Crippen LogP contribution in [0.2, 0.25) is 0 Å². The highest BCUT2D eigenvalue weighted by Gasteiger charge is 2.30. The van der Waals surface area contributed by atoms with Crippen molar-refractivity contribution in [3.8, 4) is 11.5 Å². The van der Waals surface area contributed by atoms with E-state index in [1.54, 1.807) is 14.2 Å². The quantitative estimate of drug-likeness (QED) is 0.820. The van der Waals surface area contributed by atoms with Crippen LogP contribution < -0.4 is 9.47 Å². The number of hydrogen-bond acceptors (Lipinski definition) is 5. The van der Waals surface area contributed by atoms with E-state index >= 15 is 0 Å². The lowest BCUT2D eigenvalue weighted by molar-refractivity contribution is 0.109. The lowest BCUT2D eigenvalue weighted by atomic mass is 9.96. The van der Waals surface area contributed by atoms with Gasteiger partial charge in [0.25, 0.3) is 0 Å². The standard InChI is InChI=1S/C21H26N2O2S/c1-22-8-10-23(11-9-22)17-12-15-6-4-5-7-20(15)26-21-14-19(25-3)18(24-2)13-16(17)21/h4-7,13-14,17H,8-12H2,1-3H3/t17-/m0/s1. The van der Waals surface area contributed by atoms with E-state index < -0.39 is 0 Å². The fourth-order valence-corrected chi connectivity index (χ4v) is 5.04. The van der Waals surface area contributed by atoms with E-state index in [9.17, 15) is 0 Å². The minimum Gasteiger partial charge on any atom is -0.493 e. The van der Waals surface area contributed by atoms with Crippen molar-refractivity contribution in [3.63, 3.8) is 0 Å². The van der Waals surface area contributed by atoms with Gasteiger partial charge in [0.05, 0.1) is 14.2 Å². The maximum absolute atomic E-state index is 5.61. The fourth-order valence-electron chi connectivity index (χ4n) is 3.89. The van der Waals surface area contributed by atoms with Crippen LogP contribution in [0.4, 0.5) is 0 Å². The molecular formula is C21H26N2O2S. The first-order valence-electron chi connectivity index (χ1n) is 9.14. The summed E-state index contributed by atoms with van der Waals surface area (Å²) >= 11 is 1.85. The number of nitrogens with zero attached hydrogens (tertiary/aromatic N) is 2.